The van der Waals surface area contributed by atoms with Crippen molar-refractivity contribution >= 4 is 11.6 Å². The first-order chi connectivity index (χ1) is 9.01. The van der Waals surface area contributed by atoms with E-state index in [9.17, 15) is 0 Å². The SMILES string of the molecule is Cc1ccc(Cl)cc1OC1(CCNC(C)C)CCC1. The van der Waals surface area contributed by atoms with Crippen molar-refractivity contribution < 1.29 is 4.74 Å². The average Bonchev–Trinajstić information content (AvgIpc) is 2.30. The number of nitrogens with one attached hydrogen (secondary N) is 1. The summed E-state index contributed by atoms with van der Waals surface area (Å²) in [5, 5.41) is 4.22. The second-order valence-corrected chi connectivity index (χ2v) is 6.34. The normalized spacial score (nSPS) is 17.3. The third kappa shape index (κ3) is 3.87. The van der Waals surface area contributed by atoms with Crippen molar-refractivity contribution in [1.29, 1.82) is 0 Å². The van der Waals surface area contributed by atoms with Gasteiger partial charge in [0.15, 0.2) is 0 Å². The Kier molecular flexibility index (Phi) is 4.75. The molecule has 0 amide bonds. The van der Waals surface area contributed by atoms with Crippen LogP contribution >= 0.6 is 11.6 Å². The molecule has 0 saturated heterocycles. The van der Waals surface area contributed by atoms with Crippen molar-refractivity contribution in [2.24, 2.45) is 0 Å². The van der Waals surface area contributed by atoms with Crippen LogP contribution in [0.15, 0.2) is 18.2 Å². The fraction of sp³-hybridized carbons (Fsp3) is 0.625. The maximum Gasteiger partial charge on any atom is 0.124 e. The number of hydrogen-bond donors (Lipinski definition) is 1. The number of benzene rings is 1. The molecule has 1 N–H and O–H groups in total. The second-order valence-electron chi connectivity index (χ2n) is 5.91. The van der Waals surface area contributed by atoms with Gasteiger partial charge in [-0.15, -0.1) is 0 Å². The zero-order chi connectivity index (χ0) is 13.9. The van der Waals surface area contributed by atoms with Crippen LogP contribution in [-0.4, -0.2) is 18.2 Å². The largest absolute Gasteiger partial charge is 0.487 e. The van der Waals surface area contributed by atoms with Crippen LogP contribution in [0.5, 0.6) is 5.75 Å². The van der Waals surface area contributed by atoms with E-state index in [-0.39, 0.29) is 5.60 Å². The Morgan fingerprint density at radius 1 is 1.37 bits per heavy atom. The third-order valence-electron chi connectivity index (χ3n) is 3.87. The predicted molar refractivity (Wildman–Crippen MR) is 81.2 cm³/mol. The van der Waals surface area contributed by atoms with Crippen LogP contribution in [0.25, 0.3) is 0 Å². The molecule has 1 aliphatic rings. The highest BCUT2D eigenvalue weighted by Crippen LogP contribution is 2.40. The maximum absolute atomic E-state index is 6.31. The van der Waals surface area contributed by atoms with Crippen LogP contribution in [0.1, 0.15) is 45.1 Å². The molecule has 0 heterocycles. The summed E-state index contributed by atoms with van der Waals surface area (Å²) in [4.78, 5) is 0. The summed E-state index contributed by atoms with van der Waals surface area (Å²) in [6.45, 7) is 7.44. The second kappa shape index (κ2) is 6.15. The average molecular weight is 282 g/mol. The molecule has 1 saturated carbocycles. The first kappa shape index (κ1) is 14.7. The zero-order valence-corrected chi connectivity index (χ0v) is 12.9. The van der Waals surface area contributed by atoms with Crippen molar-refractivity contribution in [3.05, 3.63) is 28.8 Å². The molecule has 1 aromatic rings. The highest BCUT2D eigenvalue weighted by molar-refractivity contribution is 6.30. The van der Waals surface area contributed by atoms with Gasteiger partial charge in [-0.1, -0.05) is 31.5 Å². The van der Waals surface area contributed by atoms with Gasteiger partial charge >= 0.3 is 0 Å². The predicted octanol–water partition coefficient (Wildman–Crippen LogP) is 4.34. The third-order valence-corrected chi connectivity index (χ3v) is 4.11. The van der Waals surface area contributed by atoms with Crippen molar-refractivity contribution in [3.63, 3.8) is 0 Å². The van der Waals surface area contributed by atoms with Gasteiger partial charge < -0.3 is 10.1 Å². The highest BCUT2D eigenvalue weighted by Gasteiger charge is 2.39. The molecule has 1 fully saturated rings. The molecule has 1 aliphatic carbocycles. The van der Waals surface area contributed by atoms with Gasteiger partial charge in [0.2, 0.25) is 0 Å². The Hall–Kier alpha value is -0.730. The summed E-state index contributed by atoms with van der Waals surface area (Å²) >= 11 is 6.06. The lowest BCUT2D eigenvalue weighted by molar-refractivity contribution is -0.0150. The molecule has 106 valence electrons. The van der Waals surface area contributed by atoms with E-state index in [0.717, 1.165) is 42.1 Å². The molecule has 0 aliphatic heterocycles. The Labute approximate surface area is 121 Å². The van der Waals surface area contributed by atoms with Gasteiger partial charge in [0.25, 0.3) is 0 Å². The number of ether oxygens (including phenoxy) is 1. The van der Waals surface area contributed by atoms with E-state index in [1.54, 1.807) is 0 Å². The first-order valence-electron chi connectivity index (χ1n) is 7.19. The summed E-state index contributed by atoms with van der Waals surface area (Å²) < 4.78 is 6.31. The number of aryl methyl sites for hydroxylation is 1. The van der Waals surface area contributed by atoms with Gasteiger partial charge in [-0.2, -0.15) is 0 Å². The molecule has 0 radical (unpaired) electrons. The van der Waals surface area contributed by atoms with Gasteiger partial charge in [0.05, 0.1) is 0 Å². The van der Waals surface area contributed by atoms with Crippen LogP contribution in [0.4, 0.5) is 0 Å². The summed E-state index contributed by atoms with van der Waals surface area (Å²) in [5.41, 5.74) is 1.18. The lowest BCUT2D eigenvalue weighted by Crippen LogP contribution is -2.46. The molecule has 2 nitrogen and oxygen atoms in total. The van der Waals surface area contributed by atoms with Crippen LogP contribution in [-0.2, 0) is 0 Å². The minimum atomic E-state index is 0.0251. The molecule has 3 heteroatoms. The van der Waals surface area contributed by atoms with Gasteiger partial charge in [-0.25, -0.2) is 0 Å². The van der Waals surface area contributed by atoms with Gasteiger partial charge in [-0.05, 0) is 56.8 Å². The fourth-order valence-corrected chi connectivity index (χ4v) is 2.64. The standard InChI is InChI=1S/C16H24ClNO/c1-12(2)18-10-9-16(7-4-8-16)19-15-11-14(17)6-5-13(15)3/h5-6,11-12,18H,4,7-10H2,1-3H3. The smallest absolute Gasteiger partial charge is 0.124 e. The van der Waals surface area contributed by atoms with Crippen molar-refractivity contribution in [2.75, 3.05) is 6.54 Å². The van der Waals surface area contributed by atoms with E-state index in [0.29, 0.717) is 6.04 Å². The fourth-order valence-electron chi connectivity index (χ4n) is 2.48. The van der Waals surface area contributed by atoms with Gasteiger partial charge in [0, 0.05) is 11.1 Å². The Morgan fingerprint density at radius 2 is 2.11 bits per heavy atom. The number of rotatable bonds is 6. The molecule has 0 atom stereocenters. The highest BCUT2D eigenvalue weighted by atomic mass is 35.5. The van der Waals surface area contributed by atoms with E-state index in [2.05, 4.69) is 26.1 Å². The van der Waals surface area contributed by atoms with Gasteiger partial charge in [0.1, 0.15) is 11.4 Å². The van der Waals surface area contributed by atoms with E-state index >= 15 is 0 Å². The first-order valence-corrected chi connectivity index (χ1v) is 7.57. The van der Waals surface area contributed by atoms with Crippen LogP contribution in [0.2, 0.25) is 5.02 Å². The van der Waals surface area contributed by atoms with E-state index in [1.807, 2.05) is 18.2 Å². The van der Waals surface area contributed by atoms with Crippen LogP contribution in [0, 0.1) is 6.92 Å². The van der Waals surface area contributed by atoms with Crippen LogP contribution < -0.4 is 10.1 Å². The van der Waals surface area contributed by atoms with E-state index in [1.165, 1.54) is 6.42 Å². The molecular formula is C16H24ClNO. The number of hydrogen-bond acceptors (Lipinski definition) is 2. The molecule has 0 spiro atoms. The molecule has 0 aromatic heterocycles. The molecule has 19 heavy (non-hydrogen) atoms. The van der Waals surface area contributed by atoms with Crippen molar-refractivity contribution in [2.45, 2.75) is 58.1 Å². The monoisotopic (exact) mass is 281 g/mol. The summed E-state index contributed by atoms with van der Waals surface area (Å²) in [5.74, 6) is 0.941. The molecule has 0 unspecified atom stereocenters. The minimum absolute atomic E-state index is 0.0251. The zero-order valence-electron chi connectivity index (χ0n) is 12.1. The Bertz CT molecular complexity index is 427. The maximum atomic E-state index is 6.31. The topological polar surface area (TPSA) is 21.3 Å². The van der Waals surface area contributed by atoms with E-state index in [4.69, 9.17) is 16.3 Å². The molecule has 0 bridgehead atoms. The Morgan fingerprint density at radius 3 is 2.68 bits per heavy atom. The molecular weight excluding hydrogens is 258 g/mol. The summed E-state index contributed by atoms with van der Waals surface area (Å²) in [6, 6.07) is 6.41. The Balaban J connectivity index is 1.99. The number of halogens is 1. The van der Waals surface area contributed by atoms with Gasteiger partial charge in [-0.3, -0.25) is 0 Å². The van der Waals surface area contributed by atoms with Crippen molar-refractivity contribution in [1.82, 2.24) is 5.32 Å². The lowest BCUT2D eigenvalue weighted by Gasteiger charge is -2.42. The van der Waals surface area contributed by atoms with E-state index < -0.39 is 0 Å². The van der Waals surface area contributed by atoms with Crippen LogP contribution in [0.3, 0.4) is 0 Å². The molecule has 2 rings (SSSR count). The lowest BCUT2D eigenvalue weighted by atomic mass is 9.77. The quantitative estimate of drug-likeness (QED) is 0.838. The summed E-state index contributed by atoms with van der Waals surface area (Å²) in [7, 11) is 0. The molecule has 1 aromatic carbocycles. The minimum Gasteiger partial charge on any atom is -0.487 e. The van der Waals surface area contributed by atoms with Crippen molar-refractivity contribution in [3.8, 4) is 5.75 Å². The summed E-state index contributed by atoms with van der Waals surface area (Å²) in [6.07, 6.45) is 4.63.